The maximum atomic E-state index is 6.09. The fourth-order valence-electron chi connectivity index (χ4n) is 2.06. The van der Waals surface area contributed by atoms with E-state index in [2.05, 4.69) is 34.8 Å². The first-order chi connectivity index (χ1) is 7.70. The van der Waals surface area contributed by atoms with Gasteiger partial charge >= 0.3 is 0 Å². The summed E-state index contributed by atoms with van der Waals surface area (Å²) in [7, 11) is 0. The number of hydrogen-bond acceptors (Lipinski definition) is 4. The van der Waals surface area contributed by atoms with Gasteiger partial charge in [0.1, 0.15) is 12.1 Å². The Kier molecular flexibility index (Phi) is 3.39. The number of hydrogen-bond donors (Lipinski definition) is 1. The summed E-state index contributed by atoms with van der Waals surface area (Å²) in [5.74, 6) is 1.64. The molecule has 0 spiro atoms. The van der Waals surface area contributed by atoms with E-state index < -0.39 is 0 Å². The van der Waals surface area contributed by atoms with Crippen molar-refractivity contribution in [3.63, 3.8) is 0 Å². The molecule has 2 heterocycles. The van der Waals surface area contributed by atoms with Crippen LogP contribution >= 0.6 is 0 Å². The molecule has 1 aromatic heterocycles. The van der Waals surface area contributed by atoms with Crippen LogP contribution in [0.15, 0.2) is 12.4 Å². The lowest BCUT2D eigenvalue weighted by atomic mass is 9.94. The molecular weight excluding hydrogens is 200 g/mol. The molecule has 1 fully saturated rings. The van der Waals surface area contributed by atoms with Crippen LogP contribution in [0.3, 0.4) is 0 Å². The Hall–Kier alpha value is -1.16. The summed E-state index contributed by atoms with van der Waals surface area (Å²) in [6.07, 6.45) is 3.75. The summed E-state index contributed by atoms with van der Waals surface area (Å²) >= 11 is 0. The van der Waals surface area contributed by atoms with Crippen molar-refractivity contribution in [2.45, 2.75) is 32.7 Å². The molecule has 0 saturated carbocycles. The number of anilines is 1. The minimum absolute atomic E-state index is 0.258. The van der Waals surface area contributed by atoms with Crippen molar-refractivity contribution in [2.24, 2.45) is 11.7 Å². The average molecular weight is 220 g/mol. The molecule has 4 nitrogen and oxygen atoms in total. The molecule has 2 unspecified atom stereocenters. The zero-order chi connectivity index (χ0) is 11.5. The second kappa shape index (κ2) is 4.78. The molecule has 1 aromatic rings. The van der Waals surface area contributed by atoms with E-state index in [-0.39, 0.29) is 6.04 Å². The van der Waals surface area contributed by atoms with E-state index in [0.717, 1.165) is 37.4 Å². The maximum absolute atomic E-state index is 6.09. The van der Waals surface area contributed by atoms with E-state index in [4.69, 9.17) is 5.73 Å². The molecule has 16 heavy (non-hydrogen) atoms. The molecule has 2 rings (SSSR count). The van der Waals surface area contributed by atoms with Crippen molar-refractivity contribution < 1.29 is 0 Å². The minimum atomic E-state index is 0.258. The Morgan fingerprint density at radius 1 is 1.50 bits per heavy atom. The molecule has 0 radical (unpaired) electrons. The van der Waals surface area contributed by atoms with Gasteiger partial charge in [0.2, 0.25) is 0 Å². The highest BCUT2D eigenvalue weighted by Gasteiger charge is 2.23. The van der Waals surface area contributed by atoms with E-state index in [1.807, 2.05) is 0 Å². The summed E-state index contributed by atoms with van der Waals surface area (Å²) < 4.78 is 0. The minimum Gasteiger partial charge on any atom is -0.355 e. The van der Waals surface area contributed by atoms with Crippen molar-refractivity contribution in [1.29, 1.82) is 0 Å². The Morgan fingerprint density at radius 2 is 2.31 bits per heavy atom. The SMILES string of the molecule is CCc1cc(N2CCC(C)C(N)C2)ncn1. The Bertz CT molecular complexity index is 353. The van der Waals surface area contributed by atoms with Crippen LogP contribution in [0.25, 0.3) is 0 Å². The first-order valence-electron chi connectivity index (χ1n) is 6.02. The normalized spacial score (nSPS) is 25.8. The lowest BCUT2D eigenvalue weighted by Crippen LogP contribution is -2.47. The van der Waals surface area contributed by atoms with Crippen LogP contribution in [0.2, 0.25) is 0 Å². The van der Waals surface area contributed by atoms with Crippen LogP contribution in [0.1, 0.15) is 26.0 Å². The third-order valence-electron chi connectivity index (χ3n) is 3.41. The zero-order valence-electron chi connectivity index (χ0n) is 10.1. The molecule has 0 amide bonds. The fourth-order valence-corrected chi connectivity index (χ4v) is 2.06. The lowest BCUT2D eigenvalue weighted by Gasteiger charge is -2.35. The van der Waals surface area contributed by atoms with Gasteiger partial charge in [-0.15, -0.1) is 0 Å². The van der Waals surface area contributed by atoms with Crippen molar-refractivity contribution in [3.05, 3.63) is 18.1 Å². The number of rotatable bonds is 2. The fraction of sp³-hybridized carbons (Fsp3) is 0.667. The predicted octanol–water partition coefficient (Wildman–Crippen LogP) is 1.21. The van der Waals surface area contributed by atoms with Crippen LogP contribution in [0.4, 0.5) is 5.82 Å². The van der Waals surface area contributed by atoms with Crippen LogP contribution < -0.4 is 10.6 Å². The number of nitrogens with zero attached hydrogens (tertiary/aromatic N) is 3. The van der Waals surface area contributed by atoms with E-state index in [1.54, 1.807) is 6.33 Å². The van der Waals surface area contributed by atoms with Gasteiger partial charge in [-0.25, -0.2) is 9.97 Å². The topological polar surface area (TPSA) is 55.0 Å². The van der Waals surface area contributed by atoms with Gasteiger partial charge in [-0.2, -0.15) is 0 Å². The number of aromatic nitrogens is 2. The lowest BCUT2D eigenvalue weighted by molar-refractivity contribution is 0.378. The second-order valence-electron chi connectivity index (χ2n) is 4.60. The van der Waals surface area contributed by atoms with Gasteiger partial charge in [-0.05, 0) is 18.8 Å². The maximum Gasteiger partial charge on any atom is 0.132 e. The zero-order valence-corrected chi connectivity index (χ0v) is 10.1. The summed E-state index contributed by atoms with van der Waals surface area (Å²) in [5, 5.41) is 0. The molecule has 2 atom stereocenters. The third-order valence-corrected chi connectivity index (χ3v) is 3.41. The van der Waals surface area contributed by atoms with Crippen molar-refractivity contribution in [2.75, 3.05) is 18.0 Å². The van der Waals surface area contributed by atoms with Gasteiger partial charge < -0.3 is 10.6 Å². The van der Waals surface area contributed by atoms with Crippen molar-refractivity contribution >= 4 is 5.82 Å². The first kappa shape index (κ1) is 11.3. The molecule has 0 aromatic carbocycles. The molecule has 2 N–H and O–H groups in total. The van der Waals surface area contributed by atoms with Gasteiger partial charge in [0.25, 0.3) is 0 Å². The number of nitrogens with two attached hydrogens (primary N) is 1. The van der Waals surface area contributed by atoms with Crippen LogP contribution in [-0.2, 0) is 6.42 Å². The van der Waals surface area contributed by atoms with Crippen molar-refractivity contribution in [1.82, 2.24) is 9.97 Å². The Labute approximate surface area is 96.9 Å². The van der Waals surface area contributed by atoms with E-state index in [9.17, 15) is 0 Å². The van der Waals surface area contributed by atoms with Gasteiger partial charge in [-0.1, -0.05) is 13.8 Å². The van der Waals surface area contributed by atoms with Gasteiger partial charge in [0.15, 0.2) is 0 Å². The smallest absolute Gasteiger partial charge is 0.132 e. The molecular formula is C12H20N4. The molecule has 1 aliphatic heterocycles. The quantitative estimate of drug-likeness (QED) is 0.814. The number of piperidine rings is 1. The molecule has 0 aliphatic carbocycles. The van der Waals surface area contributed by atoms with Crippen LogP contribution in [0.5, 0.6) is 0 Å². The molecule has 88 valence electrons. The van der Waals surface area contributed by atoms with Gasteiger partial charge in [-0.3, -0.25) is 0 Å². The molecule has 1 saturated heterocycles. The van der Waals surface area contributed by atoms with Crippen molar-refractivity contribution in [3.8, 4) is 0 Å². The highest BCUT2D eigenvalue weighted by molar-refractivity contribution is 5.39. The monoisotopic (exact) mass is 220 g/mol. The molecule has 4 heteroatoms. The number of aryl methyl sites for hydroxylation is 1. The summed E-state index contributed by atoms with van der Waals surface area (Å²) in [6, 6.07) is 2.33. The van der Waals surface area contributed by atoms with E-state index >= 15 is 0 Å². The second-order valence-corrected chi connectivity index (χ2v) is 4.60. The largest absolute Gasteiger partial charge is 0.355 e. The van der Waals surface area contributed by atoms with Crippen LogP contribution in [0, 0.1) is 5.92 Å². The predicted molar refractivity (Wildman–Crippen MR) is 65.4 cm³/mol. The Balaban J connectivity index is 2.12. The van der Waals surface area contributed by atoms with Crippen LogP contribution in [-0.4, -0.2) is 29.1 Å². The van der Waals surface area contributed by atoms with Gasteiger partial charge in [0, 0.05) is 30.9 Å². The van der Waals surface area contributed by atoms with E-state index in [1.165, 1.54) is 0 Å². The highest BCUT2D eigenvalue weighted by Crippen LogP contribution is 2.20. The van der Waals surface area contributed by atoms with E-state index in [0.29, 0.717) is 5.92 Å². The standard InChI is InChI=1S/C12H20N4/c1-3-10-6-12(15-8-14-10)16-5-4-9(2)11(13)7-16/h6,8-9,11H,3-5,7,13H2,1-2H3. The first-order valence-corrected chi connectivity index (χ1v) is 6.02. The highest BCUT2D eigenvalue weighted by atomic mass is 15.2. The summed E-state index contributed by atoms with van der Waals surface area (Å²) in [4.78, 5) is 10.8. The molecule has 1 aliphatic rings. The third kappa shape index (κ3) is 2.32. The average Bonchev–Trinajstić information content (AvgIpc) is 2.33. The summed E-state index contributed by atoms with van der Waals surface area (Å²) in [6.45, 7) is 6.28. The summed E-state index contributed by atoms with van der Waals surface area (Å²) in [5.41, 5.74) is 7.19. The molecule has 0 bridgehead atoms. The Morgan fingerprint density at radius 3 is 3.00 bits per heavy atom. The van der Waals surface area contributed by atoms with Gasteiger partial charge in [0.05, 0.1) is 0 Å².